The van der Waals surface area contributed by atoms with E-state index in [9.17, 15) is 4.39 Å². The minimum Gasteiger partial charge on any atom is -0.350 e. The molecule has 0 saturated carbocycles. The van der Waals surface area contributed by atoms with Crippen LogP contribution in [-0.2, 0) is 0 Å². The Morgan fingerprint density at radius 1 is 1.53 bits per heavy atom. The monoisotopic (exact) mass is 237 g/mol. The predicted molar refractivity (Wildman–Crippen MR) is 67.7 cm³/mol. The number of anilines is 1. The van der Waals surface area contributed by atoms with Gasteiger partial charge in [0.25, 0.3) is 0 Å². The summed E-state index contributed by atoms with van der Waals surface area (Å²) in [5, 5.41) is 3.26. The average molecular weight is 237 g/mol. The van der Waals surface area contributed by atoms with E-state index >= 15 is 0 Å². The lowest BCUT2D eigenvalue weighted by Crippen LogP contribution is -2.51. The Bertz CT molecular complexity index is 369. The number of rotatable bonds is 3. The predicted octanol–water partition coefficient (Wildman–Crippen LogP) is 2.19. The van der Waals surface area contributed by atoms with E-state index < -0.39 is 0 Å². The summed E-state index contributed by atoms with van der Waals surface area (Å²) in [6, 6.07) is 3.80. The number of hydrogen-bond donors (Lipinski definition) is 1. The molecule has 1 aromatic heterocycles. The molecule has 1 N–H and O–H groups in total. The smallest absolute Gasteiger partial charge is 0.165 e. The molecule has 17 heavy (non-hydrogen) atoms. The number of likely N-dealkylation sites (N-methyl/N-ethyl adjacent to an activating group) is 1. The first-order chi connectivity index (χ1) is 8.24. The van der Waals surface area contributed by atoms with Crippen molar-refractivity contribution in [3.8, 4) is 0 Å². The first-order valence-corrected chi connectivity index (χ1v) is 6.28. The van der Waals surface area contributed by atoms with Crippen molar-refractivity contribution in [2.75, 3.05) is 18.5 Å². The van der Waals surface area contributed by atoms with Crippen LogP contribution in [0.4, 0.5) is 10.2 Å². The molecule has 0 spiro atoms. The largest absolute Gasteiger partial charge is 0.350 e. The first-order valence-electron chi connectivity index (χ1n) is 6.28. The van der Waals surface area contributed by atoms with Gasteiger partial charge in [-0.15, -0.1) is 0 Å². The van der Waals surface area contributed by atoms with Gasteiger partial charge in [-0.3, -0.25) is 0 Å². The fourth-order valence-corrected chi connectivity index (χ4v) is 2.52. The summed E-state index contributed by atoms with van der Waals surface area (Å²) in [5.74, 6) is 0.280. The third kappa shape index (κ3) is 2.57. The van der Waals surface area contributed by atoms with Crippen LogP contribution in [0.25, 0.3) is 0 Å². The molecule has 0 aromatic carbocycles. The second kappa shape index (κ2) is 5.45. The molecule has 1 fully saturated rings. The highest BCUT2D eigenvalue weighted by Gasteiger charge is 2.28. The fourth-order valence-electron chi connectivity index (χ4n) is 2.52. The number of hydrogen-bond acceptors (Lipinski definition) is 3. The van der Waals surface area contributed by atoms with Crippen molar-refractivity contribution >= 4 is 5.82 Å². The maximum atomic E-state index is 13.8. The Kier molecular flexibility index (Phi) is 3.94. The lowest BCUT2D eigenvalue weighted by atomic mass is 9.96. The van der Waals surface area contributed by atoms with E-state index in [1.165, 1.54) is 12.5 Å². The third-order valence-corrected chi connectivity index (χ3v) is 3.59. The van der Waals surface area contributed by atoms with E-state index in [0.29, 0.717) is 17.9 Å². The molecule has 1 aromatic rings. The molecule has 1 saturated heterocycles. The van der Waals surface area contributed by atoms with Crippen molar-refractivity contribution < 1.29 is 4.39 Å². The Hall–Kier alpha value is -1.16. The van der Waals surface area contributed by atoms with Crippen LogP contribution < -0.4 is 10.2 Å². The van der Waals surface area contributed by atoms with E-state index in [-0.39, 0.29) is 5.82 Å². The zero-order valence-electron chi connectivity index (χ0n) is 10.5. The van der Waals surface area contributed by atoms with Crippen LogP contribution in [0.5, 0.6) is 0 Å². The Labute approximate surface area is 102 Å². The summed E-state index contributed by atoms with van der Waals surface area (Å²) in [6.45, 7) is 3.04. The summed E-state index contributed by atoms with van der Waals surface area (Å²) in [4.78, 5) is 6.30. The van der Waals surface area contributed by atoms with E-state index in [1.807, 2.05) is 7.05 Å². The van der Waals surface area contributed by atoms with Crippen molar-refractivity contribution in [3.05, 3.63) is 24.1 Å². The van der Waals surface area contributed by atoms with Gasteiger partial charge in [0, 0.05) is 24.8 Å². The Balaban J connectivity index is 2.25. The molecule has 4 heteroatoms. The van der Waals surface area contributed by atoms with Crippen molar-refractivity contribution in [2.45, 2.75) is 38.3 Å². The highest BCUT2D eigenvalue weighted by atomic mass is 19.1. The second-order valence-corrected chi connectivity index (χ2v) is 4.64. The van der Waals surface area contributed by atoms with Gasteiger partial charge in [0.15, 0.2) is 11.6 Å². The van der Waals surface area contributed by atoms with Gasteiger partial charge >= 0.3 is 0 Å². The number of halogens is 1. The molecule has 0 amide bonds. The molecule has 0 bridgehead atoms. The number of pyridine rings is 1. The third-order valence-electron chi connectivity index (χ3n) is 3.59. The Morgan fingerprint density at radius 2 is 2.35 bits per heavy atom. The fraction of sp³-hybridized carbons (Fsp3) is 0.615. The molecule has 2 atom stereocenters. The summed E-state index contributed by atoms with van der Waals surface area (Å²) in [5.41, 5.74) is 0. The van der Waals surface area contributed by atoms with Crippen molar-refractivity contribution in [1.29, 1.82) is 0 Å². The molecule has 2 unspecified atom stereocenters. The van der Waals surface area contributed by atoms with Gasteiger partial charge in [-0.1, -0.05) is 0 Å². The molecule has 0 aliphatic carbocycles. The molecule has 94 valence electrons. The zero-order chi connectivity index (χ0) is 12.3. The van der Waals surface area contributed by atoms with E-state index in [2.05, 4.69) is 22.1 Å². The highest BCUT2D eigenvalue weighted by molar-refractivity contribution is 5.42. The lowest BCUT2D eigenvalue weighted by molar-refractivity contribution is 0.376. The molecular formula is C13H20FN3. The van der Waals surface area contributed by atoms with Crippen LogP contribution in [0.15, 0.2) is 18.3 Å². The quantitative estimate of drug-likeness (QED) is 0.873. The first kappa shape index (κ1) is 12.3. The number of piperidine rings is 1. The van der Waals surface area contributed by atoms with Gasteiger partial charge in [0.05, 0.1) is 0 Å². The van der Waals surface area contributed by atoms with Gasteiger partial charge in [-0.05, 0) is 45.4 Å². The maximum Gasteiger partial charge on any atom is 0.165 e. The lowest BCUT2D eigenvalue weighted by Gasteiger charge is -2.40. The van der Waals surface area contributed by atoms with E-state index in [1.54, 1.807) is 12.3 Å². The van der Waals surface area contributed by atoms with Crippen LogP contribution in [0.3, 0.4) is 0 Å². The Morgan fingerprint density at radius 3 is 3.06 bits per heavy atom. The molecule has 3 nitrogen and oxygen atoms in total. The van der Waals surface area contributed by atoms with E-state index in [4.69, 9.17) is 0 Å². The van der Waals surface area contributed by atoms with Gasteiger partial charge in [0.1, 0.15) is 0 Å². The van der Waals surface area contributed by atoms with Crippen LogP contribution >= 0.6 is 0 Å². The van der Waals surface area contributed by atoms with Crippen LogP contribution in [-0.4, -0.2) is 30.7 Å². The summed E-state index contributed by atoms with van der Waals surface area (Å²) >= 11 is 0. The molecule has 2 rings (SSSR count). The van der Waals surface area contributed by atoms with E-state index in [0.717, 1.165) is 19.4 Å². The summed E-state index contributed by atoms with van der Waals surface area (Å²) < 4.78 is 13.8. The van der Waals surface area contributed by atoms with Crippen molar-refractivity contribution in [3.63, 3.8) is 0 Å². The van der Waals surface area contributed by atoms with Crippen LogP contribution in [0.1, 0.15) is 26.2 Å². The topological polar surface area (TPSA) is 28.2 Å². The maximum absolute atomic E-state index is 13.8. The summed E-state index contributed by atoms with van der Waals surface area (Å²) in [7, 11) is 1.95. The molecule has 1 aliphatic rings. The van der Waals surface area contributed by atoms with Gasteiger partial charge in [-0.2, -0.15) is 0 Å². The van der Waals surface area contributed by atoms with Gasteiger partial charge < -0.3 is 10.2 Å². The van der Waals surface area contributed by atoms with Crippen LogP contribution in [0, 0.1) is 5.82 Å². The van der Waals surface area contributed by atoms with Gasteiger partial charge in [-0.25, -0.2) is 9.37 Å². The second-order valence-electron chi connectivity index (χ2n) is 4.64. The molecule has 2 heterocycles. The minimum absolute atomic E-state index is 0.220. The standard InChI is InChI=1S/C13H20FN3/c1-10(15-2)12-7-3-4-9-17(12)13-11(14)6-5-8-16-13/h5-6,8,10,12,15H,3-4,7,9H2,1-2H3. The van der Waals surface area contributed by atoms with Crippen LogP contribution in [0.2, 0.25) is 0 Å². The zero-order valence-corrected chi connectivity index (χ0v) is 10.5. The number of nitrogens with zero attached hydrogens (tertiary/aromatic N) is 2. The molecule has 0 radical (unpaired) electrons. The number of aromatic nitrogens is 1. The molecule has 1 aliphatic heterocycles. The summed E-state index contributed by atoms with van der Waals surface area (Å²) in [6.07, 6.45) is 5.08. The highest BCUT2D eigenvalue weighted by Crippen LogP contribution is 2.26. The number of nitrogens with one attached hydrogen (secondary N) is 1. The normalized spacial score (nSPS) is 22.5. The minimum atomic E-state index is -0.220. The van der Waals surface area contributed by atoms with Crippen molar-refractivity contribution in [2.24, 2.45) is 0 Å². The van der Waals surface area contributed by atoms with Gasteiger partial charge in [0.2, 0.25) is 0 Å². The average Bonchev–Trinajstić information content (AvgIpc) is 2.38. The SMILES string of the molecule is CNC(C)C1CCCCN1c1ncccc1F. The molecular weight excluding hydrogens is 217 g/mol. The van der Waals surface area contributed by atoms with Crippen molar-refractivity contribution in [1.82, 2.24) is 10.3 Å².